The van der Waals surface area contributed by atoms with Gasteiger partial charge in [-0.05, 0) is 36.8 Å². The van der Waals surface area contributed by atoms with E-state index in [2.05, 4.69) is 9.97 Å². The van der Waals surface area contributed by atoms with Crippen molar-refractivity contribution in [1.82, 2.24) is 9.97 Å². The summed E-state index contributed by atoms with van der Waals surface area (Å²) in [7, 11) is 0. The molecular weight excluding hydrogens is 268 g/mol. The number of aromatic nitrogens is 2. The van der Waals surface area contributed by atoms with E-state index in [1.54, 1.807) is 37.3 Å². The Kier molecular flexibility index (Phi) is 3.02. The van der Waals surface area contributed by atoms with Gasteiger partial charge in [0.2, 0.25) is 0 Å². The molecule has 1 aromatic heterocycles. The van der Waals surface area contributed by atoms with Crippen molar-refractivity contribution in [2.24, 2.45) is 0 Å². The standard InChI is InChI=1S/C16H12N2O3/c1-9-8-10(16(20)21)6-7-11(9)14-17-13-5-3-2-4-12(13)15(19)18-14/h2-8H,1H3,(H,20,21)(H,17,18,19). The van der Waals surface area contributed by atoms with Gasteiger partial charge in [0.25, 0.3) is 5.56 Å². The van der Waals surface area contributed by atoms with Gasteiger partial charge in [-0.1, -0.05) is 18.2 Å². The predicted octanol–water partition coefficient (Wildman–Crippen LogP) is 2.60. The highest BCUT2D eigenvalue weighted by atomic mass is 16.4. The number of hydrogen-bond acceptors (Lipinski definition) is 3. The van der Waals surface area contributed by atoms with E-state index in [1.165, 1.54) is 6.07 Å². The molecule has 5 nitrogen and oxygen atoms in total. The fraction of sp³-hybridized carbons (Fsp3) is 0.0625. The fourth-order valence-corrected chi connectivity index (χ4v) is 2.28. The molecule has 0 atom stereocenters. The van der Waals surface area contributed by atoms with E-state index in [4.69, 9.17) is 5.11 Å². The lowest BCUT2D eigenvalue weighted by Crippen LogP contribution is -2.10. The minimum absolute atomic E-state index is 0.208. The maximum atomic E-state index is 12.1. The van der Waals surface area contributed by atoms with Crippen molar-refractivity contribution in [3.8, 4) is 11.4 Å². The number of aryl methyl sites for hydroxylation is 1. The molecule has 0 aliphatic carbocycles. The second-order valence-electron chi connectivity index (χ2n) is 4.77. The molecule has 5 heteroatoms. The minimum Gasteiger partial charge on any atom is -0.478 e. The minimum atomic E-state index is -0.982. The van der Waals surface area contributed by atoms with Gasteiger partial charge < -0.3 is 10.1 Å². The average molecular weight is 280 g/mol. The molecule has 1 heterocycles. The number of para-hydroxylation sites is 1. The number of benzene rings is 2. The first-order valence-corrected chi connectivity index (χ1v) is 6.39. The summed E-state index contributed by atoms with van der Waals surface area (Å²) in [5, 5.41) is 9.51. The Labute approximate surface area is 119 Å². The molecule has 2 N–H and O–H groups in total. The smallest absolute Gasteiger partial charge is 0.335 e. The van der Waals surface area contributed by atoms with Crippen LogP contribution < -0.4 is 5.56 Å². The van der Waals surface area contributed by atoms with E-state index in [1.807, 2.05) is 6.07 Å². The molecule has 0 spiro atoms. The molecule has 3 rings (SSSR count). The molecule has 0 aliphatic rings. The number of nitrogens with one attached hydrogen (secondary N) is 1. The van der Waals surface area contributed by atoms with Gasteiger partial charge in [0.05, 0.1) is 16.5 Å². The number of rotatable bonds is 2. The van der Waals surface area contributed by atoms with Gasteiger partial charge in [-0.25, -0.2) is 9.78 Å². The number of aromatic carboxylic acids is 1. The molecule has 2 aromatic carbocycles. The van der Waals surface area contributed by atoms with Crippen molar-refractivity contribution in [2.75, 3.05) is 0 Å². The summed E-state index contributed by atoms with van der Waals surface area (Å²) in [6.45, 7) is 1.79. The number of carboxylic acid groups (broad SMARTS) is 1. The molecular formula is C16H12N2O3. The Morgan fingerprint density at radius 2 is 1.95 bits per heavy atom. The molecule has 21 heavy (non-hydrogen) atoms. The van der Waals surface area contributed by atoms with Crippen LogP contribution in [0, 0.1) is 6.92 Å². The van der Waals surface area contributed by atoms with E-state index in [0.29, 0.717) is 22.3 Å². The van der Waals surface area contributed by atoms with Gasteiger partial charge in [-0.15, -0.1) is 0 Å². The Morgan fingerprint density at radius 1 is 1.19 bits per heavy atom. The van der Waals surface area contributed by atoms with Crippen molar-refractivity contribution < 1.29 is 9.90 Å². The Bertz CT molecular complexity index is 913. The zero-order valence-corrected chi connectivity index (χ0v) is 11.3. The molecule has 0 saturated heterocycles. The molecule has 0 saturated carbocycles. The van der Waals surface area contributed by atoms with Crippen molar-refractivity contribution in [2.45, 2.75) is 6.92 Å². The zero-order chi connectivity index (χ0) is 15.0. The van der Waals surface area contributed by atoms with Crippen LogP contribution in [0.2, 0.25) is 0 Å². The largest absolute Gasteiger partial charge is 0.478 e. The van der Waals surface area contributed by atoms with Gasteiger partial charge in [-0.3, -0.25) is 4.79 Å². The molecule has 0 amide bonds. The maximum Gasteiger partial charge on any atom is 0.335 e. The van der Waals surface area contributed by atoms with Gasteiger partial charge in [0.15, 0.2) is 0 Å². The van der Waals surface area contributed by atoms with E-state index in [-0.39, 0.29) is 11.1 Å². The van der Waals surface area contributed by atoms with E-state index in [9.17, 15) is 9.59 Å². The zero-order valence-electron chi connectivity index (χ0n) is 11.3. The van der Waals surface area contributed by atoms with Crippen LogP contribution in [0.5, 0.6) is 0 Å². The maximum absolute atomic E-state index is 12.1. The number of hydrogen-bond donors (Lipinski definition) is 2. The summed E-state index contributed by atoms with van der Waals surface area (Å²) in [5.41, 5.74) is 2.06. The fourth-order valence-electron chi connectivity index (χ4n) is 2.28. The summed E-state index contributed by atoms with van der Waals surface area (Å²) in [6.07, 6.45) is 0. The van der Waals surface area contributed by atoms with Crippen LogP contribution in [-0.2, 0) is 0 Å². The lowest BCUT2D eigenvalue weighted by molar-refractivity contribution is 0.0697. The molecule has 0 fully saturated rings. The molecule has 0 bridgehead atoms. The molecule has 0 unspecified atom stereocenters. The monoisotopic (exact) mass is 280 g/mol. The molecule has 104 valence electrons. The van der Waals surface area contributed by atoms with Crippen LogP contribution in [0.15, 0.2) is 47.3 Å². The number of carboxylic acids is 1. The van der Waals surface area contributed by atoms with Gasteiger partial charge >= 0.3 is 5.97 Å². The molecule has 0 radical (unpaired) electrons. The van der Waals surface area contributed by atoms with Crippen LogP contribution in [0.4, 0.5) is 0 Å². The quantitative estimate of drug-likeness (QED) is 0.755. The van der Waals surface area contributed by atoms with Crippen molar-refractivity contribution in [1.29, 1.82) is 0 Å². The highest BCUT2D eigenvalue weighted by Gasteiger charge is 2.10. The normalized spacial score (nSPS) is 10.7. The van der Waals surface area contributed by atoms with Crippen LogP contribution in [0.1, 0.15) is 15.9 Å². The number of fused-ring (bicyclic) bond motifs is 1. The summed E-state index contributed by atoms with van der Waals surface area (Å²) < 4.78 is 0. The van der Waals surface area contributed by atoms with Crippen LogP contribution >= 0.6 is 0 Å². The van der Waals surface area contributed by atoms with E-state index in [0.717, 1.165) is 5.56 Å². The number of nitrogens with zero attached hydrogens (tertiary/aromatic N) is 1. The van der Waals surface area contributed by atoms with Crippen LogP contribution in [0.3, 0.4) is 0 Å². The predicted molar refractivity (Wildman–Crippen MR) is 79.5 cm³/mol. The lowest BCUT2D eigenvalue weighted by atomic mass is 10.0. The Morgan fingerprint density at radius 3 is 2.67 bits per heavy atom. The number of aromatic amines is 1. The van der Waals surface area contributed by atoms with Crippen molar-refractivity contribution in [3.05, 3.63) is 63.9 Å². The second-order valence-corrected chi connectivity index (χ2v) is 4.77. The number of carbonyl (C=O) groups is 1. The van der Waals surface area contributed by atoms with Crippen LogP contribution in [-0.4, -0.2) is 21.0 Å². The van der Waals surface area contributed by atoms with E-state index < -0.39 is 5.97 Å². The highest BCUT2D eigenvalue weighted by molar-refractivity contribution is 5.89. The lowest BCUT2D eigenvalue weighted by Gasteiger charge is -2.07. The molecule has 0 aliphatic heterocycles. The third-order valence-electron chi connectivity index (χ3n) is 3.34. The Balaban J connectivity index is 2.21. The summed E-state index contributed by atoms with van der Waals surface area (Å²) >= 11 is 0. The second kappa shape index (κ2) is 4.86. The highest BCUT2D eigenvalue weighted by Crippen LogP contribution is 2.21. The average Bonchev–Trinajstić information content (AvgIpc) is 2.47. The SMILES string of the molecule is Cc1cc(C(=O)O)ccc1-c1nc2ccccc2c(=O)[nH]1. The van der Waals surface area contributed by atoms with Gasteiger partial charge in [0, 0.05) is 5.56 Å². The topological polar surface area (TPSA) is 83.0 Å². The first-order chi connectivity index (χ1) is 10.1. The summed E-state index contributed by atoms with van der Waals surface area (Å²) in [6, 6.07) is 11.8. The third-order valence-corrected chi connectivity index (χ3v) is 3.34. The number of H-pyrrole nitrogens is 1. The van der Waals surface area contributed by atoms with E-state index >= 15 is 0 Å². The van der Waals surface area contributed by atoms with Crippen LogP contribution in [0.25, 0.3) is 22.3 Å². The summed E-state index contributed by atoms with van der Waals surface area (Å²) in [5.74, 6) is -0.544. The first-order valence-electron chi connectivity index (χ1n) is 6.39. The summed E-state index contributed by atoms with van der Waals surface area (Å²) in [4.78, 5) is 30.2. The Hall–Kier alpha value is -2.95. The van der Waals surface area contributed by atoms with Gasteiger partial charge in [0.1, 0.15) is 5.82 Å². The van der Waals surface area contributed by atoms with Crippen molar-refractivity contribution >= 4 is 16.9 Å². The van der Waals surface area contributed by atoms with Crippen molar-refractivity contribution in [3.63, 3.8) is 0 Å². The first kappa shape index (κ1) is 13.1. The van der Waals surface area contributed by atoms with Gasteiger partial charge in [-0.2, -0.15) is 0 Å². The molecule has 3 aromatic rings. The third kappa shape index (κ3) is 2.29.